The molecule has 0 saturated carbocycles. The summed E-state index contributed by atoms with van der Waals surface area (Å²) >= 11 is 0. The second-order valence-corrected chi connectivity index (χ2v) is 4.32. The minimum Gasteiger partial charge on any atom is -0.352 e. The van der Waals surface area contributed by atoms with Crippen LogP contribution in [0.2, 0.25) is 0 Å². The van der Waals surface area contributed by atoms with Crippen LogP contribution in [-0.2, 0) is 0 Å². The Morgan fingerprint density at radius 2 is 2.00 bits per heavy atom. The first-order valence-corrected chi connectivity index (χ1v) is 5.44. The summed E-state index contributed by atoms with van der Waals surface area (Å²) in [5.74, 6) is 1.14. The number of rotatable bonds is 0. The summed E-state index contributed by atoms with van der Waals surface area (Å²) < 4.78 is 0. The molecule has 1 aromatic carbocycles. The van der Waals surface area contributed by atoms with Gasteiger partial charge in [0.05, 0.1) is 0 Å². The number of carbonyl (C=O) groups excluding carboxylic acids is 1. The van der Waals surface area contributed by atoms with Crippen LogP contribution in [0.3, 0.4) is 0 Å². The van der Waals surface area contributed by atoms with E-state index in [-0.39, 0.29) is 5.91 Å². The van der Waals surface area contributed by atoms with E-state index in [1.807, 2.05) is 18.2 Å². The molecule has 2 atom stereocenters. The Bertz CT molecular complexity index is 402. The lowest BCUT2D eigenvalue weighted by atomic mass is 9.87. The van der Waals surface area contributed by atoms with Gasteiger partial charge in [-0.15, -0.1) is 0 Å². The van der Waals surface area contributed by atoms with E-state index < -0.39 is 0 Å². The maximum atomic E-state index is 11.8. The van der Waals surface area contributed by atoms with Crippen LogP contribution in [0, 0.1) is 5.92 Å². The average molecular weight is 202 g/mol. The van der Waals surface area contributed by atoms with Crippen LogP contribution in [0.1, 0.15) is 21.8 Å². The largest absolute Gasteiger partial charge is 0.352 e. The maximum Gasteiger partial charge on any atom is 0.251 e. The molecule has 3 rings (SSSR count). The second-order valence-electron chi connectivity index (χ2n) is 4.32. The molecule has 2 heterocycles. The minimum absolute atomic E-state index is 0.0833. The first-order chi connectivity index (χ1) is 7.36. The average Bonchev–Trinajstić information content (AvgIpc) is 2.69. The maximum absolute atomic E-state index is 11.8. The van der Waals surface area contributed by atoms with Gasteiger partial charge in [-0.1, -0.05) is 18.2 Å². The van der Waals surface area contributed by atoms with Crippen molar-refractivity contribution in [3.63, 3.8) is 0 Å². The molecule has 1 aromatic rings. The van der Waals surface area contributed by atoms with Gasteiger partial charge in [-0.2, -0.15) is 0 Å². The van der Waals surface area contributed by atoms with Crippen molar-refractivity contribution >= 4 is 5.91 Å². The van der Waals surface area contributed by atoms with Crippen LogP contribution < -0.4 is 10.6 Å². The third-order valence-electron chi connectivity index (χ3n) is 3.47. The lowest BCUT2D eigenvalue weighted by Gasteiger charge is -2.15. The highest BCUT2D eigenvalue weighted by Crippen LogP contribution is 2.31. The van der Waals surface area contributed by atoms with Crippen molar-refractivity contribution in [1.82, 2.24) is 10.6 Å². The summed E-state index contributed by atoms with van der Waals surface area (Å²) in [6.07, 6.45) is 0. The number of fused-ring (bicyclic) bond motifs is 3. The molecule has 15 heavy (non-hydrogen) atoms. The first-order valence-electron chi connectivity index (χ1n) is 5.44. The highest BCUT2D eigenvalue weighted by molar-refractivity contribution is 5.96. The molecular formula is C12H14N2O. The van der Waals surface area contributed by atoms with Crippen LogP contribution >= 0.6 is 0 Å². The second kappa shape index (κ2) is 3.35. The normalized spacial score (nSPS) is 28.9. The van der Waals surface area contributed by atoms with Crippen molar-refractivity contribution in [2.24, 2.45) is 5.92 Å². The number of hydrogen-bond acceptors (Lipinski definition) is 2. The summed E-state index contributed by atoms with van der Waals surface area (Å²) in [4.78, 5) is 11.8. The molecule has 1 fully saturated rings. The van der Waals surface area contributed by atoms with Gasteiger partial charge < -0.3 is 10.6 Å². The van der Waals surface area contributed by atoms with Gasteiger partial charge >= 0.3 is 0 Å². The molecule has 3 heteroatoms. The number of carbonyl (C=O) groups is 1. The van der Waals surface area contributed by atoms with Gasteiger partial charge in [-0.3, -0.25) is 4.79 Å². The molecule has 1 amide bonds. The van der Waals surface area contributed by atoms with Crippen LogP contribution in [-0.4, -0.2) is 25.5 Å². The summed E-state index contributed by atoms with van der Waals surface area (Å²) in [5, 5.41) is 6.39. The Kier molecular flexibility index (Phi) is 1.99. The van der Waals surface area contributed by atoms with Crippen LogP contribution in [0.5, 0.6) is 0 Å². The molecule has 2 aliphatic rings. The zero-order valence-corrected chi connectivity index (χ0v) is 8.49. The van der Waals surface area contributed by atoms with Gasteiger partial charge in [0, 0.05) is 31.1 Å². The number of nitrogens with one attached hydrogen (secondary N) is 2. The summed E-state index contributed by atoms with van der Waals surface area (Å²) in [6.45, 7) is 2.81. The minimum atomic E-state index is 0.0833. The lowest BCUT2D eigenvalue weighted by molar-refractivity contribution is 0.0952. The molecule has 0 aromatic heterocycles. The molecule has 2 unspecified atom stereocenters. The molecular weight excluding hydrogens is 188 g/mol. The zero-order valence-electron chi connectivity index (χ0n) is 8.49. The van der Waals surface area contributed by atoms with Gasteiger partial charge in [0.25, 0.3) is 5.91 Å². The van der Waals surface area contributed by atoms with E-state index in [0.29, 0.717) is 11.8 Å². The molecule has 0 radical (unpaired) electrons. The van der Waals surface area contributed by atoms with Crippen molar-refractivity contribution in [3.8, 4) is 0 Å². The van der Waals surface area contributed by atoms with E-state index in [1.165, 1.54) is 5.56 Å². The standard InChI is InChI=1S/C12H14N2O/c15-12-10-4-2-1-3-9(10)11-7-13-5-8(11)6-14-12/h1-4,8,11,13H,5-7H2,(H,14,15). The fourth-order valence-electron chi connectivity index (χ4n) is 2.66. The molecule has 0 aliphatic carbocycles. The zero-order chi connectivity index (χ0) is 10.3. The Morgan fingerprint density at radius 3 is 2.93 bits per heavy atom. The molecule has 0 bridgehead atoms. The Labute approximate surface area is 88.9 Å². The van der Waals surface area contributed by atoms with Crippen molar-refractivity contribution in [2.75, 3.05) is 19.6 Å². The fourth-order valence-corrected chi connectivity index (χ4v) is 2.66. The van der Waals surface area contributed by atoms with Crippen molar-refractivity contribution in [1.29, 1.82) is 0 Å². The molecule has 0 spiro atoms. The lowest BCUT2D eigenvalue weighted by Crippen LogP contribution is -2.28. The molecule has 2 aliphatic heterocycles. The van der Waals surface area contributed by atoms with Crippen LogP contribution in [0.25, 0.3) is 0 Å². The predicted octanol–water partition coefficient (Wildman–Crippen LogP) is 0.733. The summed E-state index contributed by atoms with van der Waals surface area (Å²) in [5.41, 5.74) is 2.07. The SMILES string of the molecule is O=C1NCC2CNCC2c2ccccc21. The van der Waals surface area contributed by atoms with E-state index in [0.717, 1.165) is 25.2 Å². The molecule has 78 valence electrons. The van der Waals surface area contributed by atoms with E-state index in [2.05, 4.69) is 16.7 Å². The fraction of sp³-hybridized carbons (Fsp3) is 0.417. The summed E-state index contributed by atoms with van der Waals surface area (Å²) in [7, 11) is 0. The van der Waals surface area contributed by atoms with Crippen LogP contribution in [0.4, 0.5) is 0 Å². The van der Waals surface area contributed by atoms with Crippen molar-refractivity contribution < 1.29 is 4.79 Å². The quantitative estimate of drug-likeness (QED) is 0.651. The van der Waals surface area contributed by atoms with Gasteiger partial charge in [0.1, 0.15) is 0 Å². The topological polar surface area (TPSA) is 41.1 Å². The number of amides is 1. The monoisotopic (exact) mass is 202 g/mol. The molecule has 1 saturated heterocycles. The highest BCUT2D eigenvalue weighted by Gasteiger charge is 2.33. The molecule has 2 N–H and O–H groups in total. The Balaban J connectivity index is 2.11. The number of hydrogen-bond donors (Lipinski definition) is 2. The number of benzene rings is 1. The van der Waals surface area contributed by atoms with Gasteiger partial charge in [-0.25, -0.2) is 0 Å². The third kappa shape index (κ3) is 1.35. The van der Waals surface area contributed by atoms with E-state index in [1.54, 1.807) is 0 Å². The van der Waals surface area contributed by atoms with Crippen molar-refractivity contribution in [2.45, 2.75) is 5.92 Å². The van der Waals surface area contributed by atoms with Crippen molar-refractivity contribution in [3.05, 3.63) is 35.4 Å². The van der Waals surface area contributed by atoms with E-state index in [9.17, 15) is 4.79 Å². The van der Waals surface area contributed by atoms with Crippen LogP contribution in [0.15, 0.2) is 24.3 Å². The summed E-state index contributed by atoms with van der Waals surface area (Å²) in [6, 6.07) is 7.96. The third-order valence-corrected chi connectivity index (χ3v) is 3.47. The van der Waals surface area contributed by atoms with E-state index >= 15 is 0 Å². The van der Waals surface area contributed by atoms with Gasteiger partial charge in [0.2, 0.25) is 0 Å². The smallest absolute Gasteiger partial charge is 0.251 e. The van der Waals surface area contributed by atoms with E-state index in [4.69, 9.17) is 0 Å². The Hall–Kier alpha value is -1.35. The first kappa shape index (κ1) is 8.92. The van der Waals surface area contributed by atoms with Gasteiger partial charge in [-0.05, 0) is 17.5 Å². The molecule has 3 nitrogen and oxygen atoms in total. The van der Waals surface area contributed by atoms with Gasteiger partial charge in [0.15, 0.2) is 0 Å². The predicted molar refractivity (Wildman–Crippen MR) is 57.9 cm³/mol. The Morgan fingerprint density at radius 1 is 1.13 bits per heavy atom. The highest BCUT2D eigenvalue weighted by atomic mass is 16.1.